The number of nitrogens with one attached hydrogen (secondary N) is 1. The van der Waals surface area contributed by atoms with Crippen LogP contribution < -0.4 is 5.32 Å². The van der Waals surface area contributed by atoms with Crippen LogP contribution in [0.5, 0.6) is 0 Å². The molecule has 0 radical (unpaired) electrons. The Kier molecular flexibility index (Phi) is 7.21. The maximum atomic E-state index is 9.12. The summed E-state index contributed by atoms with van der Waals surface area (Å²) in [6.07, 6.45) is 3.66. The van der Waals surface area contributed by atoms with Crippen LogP contribution in [0.2, 0.25) is 0 Å². The van der Waals surface area contributed by atoms with Crippen molar-refractivity contribution in [1.29, 1.82) is 5.26 Å². The molecule has 1 aliphatic carbocycles. The number of nitriles is 1. The second-order valence-corrected chi connectivity index (χ2v) is 4.64. The van der Waals surface area contributed by atoms with Gasteiger partial charge in [-0.3, -0.25) is 0 Å². The number of hydrogen-bond acceptors (Lipinski definition) is 5. The maximum absolute atomic E-state index is 9.12. The van der Waals surface area contributed by atoms with E-state index in [1.807, 2.05) is 7.05 Å². The molecule has 0 aliphatic heterocycles. The van der Waals surface area contributed by atoms with E-state index in [1.165, 1.54) is 0 Å². The molecule has 0 spiro atoms. The minimum absolute atomic E-state index is 0.180. The summed E-state index contributed by atoms with van der Waals surface area (Å²) in [4.78, 5) is 0. The van der Waals surface area contributed by atoms with Crippen LogP contribution in [0, 0.1) is 11.3 Å². The number of rotatable bonds is 9. The Morgan fingerprint density at radius 3 is 2.78 bits per heavy atom. The molecule has 0 aromatic carbocycles. The highest BCUT2D eigenvalue weighted by atomic mass is 16.5. The monoisotopic (exact) mass is 256 g/mol. The van der Waals surface area contributed by atoms with Crippen LogP contribution in [0.4, 0.5) is 0 Å². The van der Waals surface area contributed by atoms with Crippen molar-refractivity contribution in [3.05, 3.63) is 0 Å². The van der Waals surface area contributed by atoms with Crippen LogP contribution in [0.15, 0.2) is 0 Å². The van der Waals surface area contributed by atoms with Crippen molar-refractivity contribution < 1.29 is 14.2 Å². The maximum Gasteiger partial charge on any atom is 0.109 e. The van der Waals surface area contributed by atoms with Crippen molar-refractivity contribution in [2.75, 3.05) is 40.6 Å². The lowest BCUT2D eigenvalue weighted by molar-refractivity contribution is 0.00261. The minimum atomic E-state index is -0.385. The predicted octanol–water partition coefficient (Wildman–Crippen LogP) is 1.09. The Bertz CT molecular complexity index is 267. The van der Waals surface area contributed by atoms with Gasteiger partial charge in [0, 0.05) is 26.7 Å². The smallest absolute Gasteiger partial charge is 0.109 e. The average Bonchev–Trinajstić information content (AvgIpc) is 2.82. The van der Waals surface area contributed by atoms with Crippen LogP contribution in [0.25, 0.3) is 0 Å². The lowest BCUT2D eigenvalue weighted by atomic mass is 10.0. The van der Waals surface area contributed by atoms with E-state index in [1.54, 1.807) is 7.11 Å². The summed E-state index contributed by atoms with van der Waals surface area (Å²) in [6, 6.07) is 2.35. The molecule has 1 fully saturated rings. The zero-order valence-electron chi connectivity index (χ0n) is 11.4. The van der Waals surface area contributed by atoms with Gasteiger partial charge in [0.2, 0.25) is 0 Å². The van der Waals surface area contributed by atoms with Gasteiger partial charge < -0.3 is 19.5 Å². The van der Waals surface area contributed by atoms with Crippen LogP contribution in [0.1, 0.15) is 25.7 Å². The average molecular weight is 256 g/mol. The van der Waals surface area contributed by atoms with E-state index in [0.717, 1.165) is 32.3 Å². The molecule has 2 unspecified atom stereocenters. The quantitative estimate of drug-likeness (QED) is 0.626. The molecular formula is C13H24N2O3. The molecule has 1 aliphatic rings. The summed E-state index contributed by atoms with van der Waals surface area (Å²) in [5, 5.41) is 12.2. The van der Waals surface area contributed by atoms with Crippen LogP contribution in [-0.4, -0.2) is 52.2 Å². The molecule has 18 heavy (non-hydrogen) atoms. The molecule has 0 heterocycles. The van der Waals surface area contributed by atoms with Gasteiger partial charge in [0.25, 0.3) is 0 Å². The van der Waals surface area contributed by atoms with Gasteiger partial charge in [0.15, 0.2) is 0 Å². The van der Waals surface area contributed by atoms with E-state index >= 15 is 0 Å². The Hall–Kier alpha value is -0.670. The fourth-order valence-corrected chi connectivity index (χ4v) is 2.21. The normalized spacial score (nSPS) is 27.3. The van der Waals surface area contributed by atoms with Gasteiger partial charge in [-0.2, -0.15) is 5.26 Å². The Labute approximate surface area is 109 Å². The first-order chi connectivity index (χ1) is 8.76. The first kappa shape index (κ1) is 15.4. The van der Waals surface area contributed by atoms with Crippen molar-refractivity contribution >= 4 is 0 Å². The van der Waals surface area contributed by atoms with E-state index in [-0.39, 0.29) is 11.6 Å². The molecule has 1 N–H and O–H groups in total. The molecule has 0 amide bonds. The third-order valence-electron chi connectivity index (χ3n) is 3.38. The largest absolute Gasteiger partial charge is 0.385 e. The summed E-state index contributed by atoms with van der Waals surface area (Å²) >= 11 is 0. The Morgan fingerprint density at radius 1 is 1.33 bits per heavy atom. The van der Waals surface area contributed by atoms with Crippen molar-refractivity contribution in [2.24, 2.45) is 0 Å². The van der Waals surface area contributed by atoms with Gasteiger partial charge in [-0.1, -0.05) is 0 Å². The van der Waals surface area contributed by atoms with E-state index in [9.17, 15) is 0 Å². The third kappa shape index (κ3) is 4.91. The Balaban J connectivity index is 2.03. The molecule has 0 saturated heterocycles. The molecule has 1 saturated carbocycles. The topological polar surface area (TPSA) is 63.5 Å². The van der Waals surface area contributed by atoms with Crippen molar-refractivity contribution in [3.63, 3.8) is 0 Å². The molecule has 2 atom stereocenters. The third-order valence-corrected chi connectivity index (χ3v) is 3.38. The molecule has 5 nitrogen and oxygen atoms in total. The number of ether oxygens (including phenoxy) is 3. The van der Waals surface area contributed by atoms with Crippen molar-refractivity contribution in [1.82, 2.24) is 5.32 Å². The van der Waals surface area contributed by atoms with Gasteiger partial charge >= 0.3 is 0 Å². The molecule has 1 rings (SSSR count). The highest BCUT2D eigenvalue weighted by molar-refractivity contribution is 5.11. The molecule has 0 bridgehead atoms. The SMILES string of the molecule is CNC1(C#N)CCC(OCCOCCCOC)C1. The number of nitrogens with zero attached hydrogens (tertiary/aromatic N) is 1. The van der Waals surface area contributed by atoms with Crippen molar-refractivity contribution in [2.45, 2.75) is 37.3 Å². The summed E-state index contributed by atoms with van der Waals surface area (Å²) in [5.41, 5.74) is -0.385. The van der Waals surface area contributed by atoms with Gasteiger partial charge in [-0.25, -0.2) is 0 Å². The fraction of sp³-hybridized carbons (Fsp3) is 0.923. The van der Waals surface area contributed by atoms with E-state index in [2.05, 4.69) is 11.4 Å². The predicted molar refractivity (Wildman–Crippen MR) is 68.3 cm³/mol. The van der Waals surface area contributed by atoms with Crippen molar-refractivity contribution in [3.8, 4) is 6.07 Å². The molecule has 104 valence electrons. The van der Waals surface area contributed by atoms with Crippen LogP contribution >= 0.6 is 0 Å². The highest BCUT2D eigenvalue weighted by Crippen LogP contribution is 2.30. The number of hydrogen-bond donors (Lipinski definition) is 1. The molecule has 0 aromatic heterocycles. The summed E-state index contributed by atoms with van der Waals surface area (Å²) in [6.45, 7) is 2.65. The van der Waals surface area contributed by atoms with Crippen LogP contribution in [-0.2, 0) is 14.2 Å². The van der Waals surface area contributed by atoms with Crippen LogP contribution in [0.3, 0.4) is 0 Å². The lowest BCUT2D eigenvalue weighted by Gasteiger charge is -2.19. The highest BCUT2D eigenvalue weighted by Gasteiger charge is 2.38. The molecular weight excluding hydrogens is 232 g/mol. The van der Waals surface area contributed by atoms with E-state index < -0.39 is 0 Å². The lowest BCUT2D eigenvalue weighted by Crippen LogP contribution is -2.39. The first-order valence-electron chi connectivity index (χ1n) is 6.55. The summed E-state index contributed by atoms with van der Waals surface area (Å²) in [5.74, 6) is 0. The van der Waals surface area contributed by atoms with Gasteiger partial charge in [0.05, 0.1) is 25.4 Å². The Morgan fingerprint density at radius 2 is 2.17 bits per heavy atom. The first-order valence-corrected chi connectivity index (χ1v) is 6.55. The van der Waals surface area contributed by atoms with Gasteiger partial charge in [0.1, 0.15) is 5.54 Å². The minimum Gasteiger partial charge on any atom is -0.385 e. The number of methoxy groups -OCH3 is 1. The van der Waals surface area contributed by atoms with Gasteiger partial charge in [-0.15, -0.1) is 0 Å². The van der Waals surface area contributed by atoms with E-state index in [4.69, 9.17) is 19.5 Å². The molecule has 5 heteroatoms. The second-order valence-electron chi connectivity index (χ2n) is 4.64. The standard InChI is InChI=1S/C13H24N2O3/c1-15-13(11-14)5-4-12(10-13)18-9-8-17-7-3-6-16-2/h12,15H,3-10H2,1-2H3. The summed E-state index contributed by atoms with van der Waals surface area (Å²) in [7, 11) is 3.52. The molecule has 0 aromatic rings. The zero-order chi connectivity index (χ0) is 13.3. The summed E-state index contributed by atoms with van der Waals surface area (Å²) < 4.78 is 16.1. The second kappa shape index (κ2) is 8.44. The fourth-order valence-electron chi connectivity index (χ4n) is 2.21. The zero-order valence-corrected chi connectivity index (χ0v) is 11.4. The van der Waals surface area contributed by atoms with E-state index in [0.29, 0.717) is 19.8 Å². The van der Waals surface area contributed by atoms with Gasteiger partial charge in [-0.05, 0) is 26.3 Å².